The van der Waals surface area contributed by atoms with Crippen molar-refractivity contribution >= 4 is 28.3 Å². The Morgan fingerprint density at radius 1 is 1.07 bits per heavy atom. The van der Waals surface area contributed by atoms with Crippen molar-refractivity contribution in [2.75, 3.05) is 19.0 Å². The number of methoxy groups -OCH3 is 1. The third kappa shape index (κ3) is 4.92. The summed E-state index contributed by atoms with van der Waals surface area (Å²) in [5, 5.41) is 4.96. The predicted molar refractivity (Wildman–Crippen MR) is 104 cm³/mol. The summed E-state index contributed by atoms with van der Waals surface area (Å²) >= 11 is 1.31. The fourth-order valence-corrected chi connectivity index (χ4v) is 3.02. The zero-order valence-corrected chi connectivity index (χ0v) is 15.7. The van der Waals surface area contributed by atoms with E-state index in [1.54, 1.807) is 31.4 Å². The number of hydrogen-bond donors (Lipinski definition) is 1. The molecule has 0 spiro atoms. The van der Waals surface area contributed by atoms with Gasteiger partial charge in [0.15, 0.2) is 11.7 Å². The summed E-state index contributed by atoms with van der Waals surface area (Å²) in [7, 11) is 1.54. The molecule has 2 aromatic carbocycles. The van der Waals surface area contributed by atoms with Crippen LogP contribution in [-0.2, 0) is 9.53 Å². The molecule has 1 amide bonds. The average Bonchev–Trinajstić information content (AvgIpc) is 3.15. The molecular formula is C20H18N2O4S. The highest BCUT2D eigenvalue weighted by molar-refractivity contribution is 7.14. The molecule has 0 atom stereocenters. The molecule has 1 aromatic heterocycles. The van der Waals surface area contributed by atoms with Crippen molar-refractivity contribution in [2.45, 2.75) is 6.92 Å². The van der Waals surface area contributed by atoms with Crippen LogP contribution in [0.5, 0.6) is 5.75 Å². The van der Waals surface area contributed by atoms with E-state index in [1.807, 2.05) is 36.6 Å². The number of ether oxygens (including phenoxy) is 2. The number of hydrogen-bond acceptors (Lipinski definition) is 6. The first-order valence-corrected chi connectivity index (χ1v) is 9.07. The summed E-state index contributed by atoms with van der Waals surface area (Å²) in [5.74, 6) is -0.383. The van der Waals surface area contributed by atoms with E-state index in [2.05, 4.69) is 10.3 Å². The summed E-state index contributed by atoms with van der Waals surface area (Å²) in [6, 6.07) is 14.4. The molecule has 6 nitrogen and oxygen atoms in total. The van der Waals surface area contributed by atoms with Gasteiger partial charge in [-0.05, 0) is 31.2 Å². The van der Waals surface area contributed by atoms with Gasteiger partial charge in [0.1, 0.15) is 5.75 Å². The van der Waals surface area contributed by atoms with Crippen LogP contribution in [0, 0.1) is 6.92 Å². The minimum absolute atomic E-state index is 0.347. The van der Waals surface area contributed by atoms with E-state index in [9.17, 15) is 9.59 Å². The molecule has 0 saturated carbocycles. The van der Waals surface area contributed by atoms with Gasteiger partial charge >= 0.3 is 5.97 Å². The van der Waals surface area contributed by atoms with Crippen LogP contribution in [0.2, 0.25) is 0 Å². The maximum atomic E-state index is 12.0. The molecule has 0 fully saturated rings. The largest absolute Gasteiger partial charge is 0.497 e. The Kier molecular flexibility index (Phi) is 5.83. The molecule has 0 radical (unpaired) electrons. The van der Waals surface area contributed by atoms with Gasteiger partial charge in [-0.2, -0.15) is 0 Å². The molecule has 0 saturated heterocycles. The molecule has 7 heteroatoms. The van der Waals surface area contributed by atoms with E-state index in [0.29, 0.717) is 16.4 Å². The minimum Gasteiger partial charge on any atom is -0.497 e. The van der Waals surface area contributed by atoms with Crippen molar-refractivity contribution in [1.82, 2.24) is 4.98 Å². The number of nitrogens with zero attached hydrogens (tertiary/aromatic N) is 1. The summed E-state index contributed by atoms with van der Waals surface area (Å²) in [5.41, 5.74) is 3.27. The highest BCUT2D eigenvalue weighted by Crippen LogP contribution is 2.25. The second-order valence-corrected chi connectivity index (χ2v) is 6.61. The van der Waals surface area contributed by atoms with Gasteiger partial charge in [-0.3, -0.25) is 10.1 Å². The Labute approximate surface area is 160 Å². The van der Waals surface area contributed by atoms with E-state index >= 15 is 0 Å². The summed E-state index contributed by atoms with van der Waals surface area (Å²) in [6.45, 7) is 1.63. The number of anilines is 1. The fraction of sp³-hybridized carbons (Fsp3) is 0.150. The van der Waals surface area contributed by atoms with Gasteiger partial charge in [0.25, 0.3) is 5.91 Å². The Hall–Kier alpha value is -3.19. The van der Waals surface area contributed by atoms with Gasteiger partial charge in [-0.15, -0.1) is 11.3 Å². The standard InChI is InChI=1S/C20H18N2O4S/c1-13-3-5-14(6-4-13)17-12-27-20(21-17)22-18(23)11-26-19(24)15-7-9-16(25-2)10-8-15/h3-10,12H,11H2,1-2H3,(H,21,22,23). The van der Waals surface area contributed by atoms with Gasteiger partial charge < -0.3 is 9.47 Å². The quantitative estimate of drug-likeness (QED) is 0.654. The van der Waals surface area contributed by atoms with Gasteiger partial charge in [0.05, 0.1) is 18.4 Å². The van der Waals surface area contributed by atoms with Crippen LogP contribution < -0.4 is 10.1 Å². The molecule has 3 aromatic rings. The van der Waals surface area contributed by atoms with Crippen LogP contribution in [0.15, 0.2) is 53.9 Å². The van der Waals surface area contributed by atoms with Crippen LogP contribution in [0.3, 0.4) is 0 Å². The highest BCUT2D eigenvalue weighted by atomic mass is 32.1. The topological polar surface area (TPSA) is 77.5 Å². The highest BCUT2D eigenvalue weighted by Gasteiger charge is 2.12. The van der Waals surface area contributed by atoms with Crippen LogP contribution in [0.25, 0.3) is 11.3 Å². The molecule has 27 heavy (non-hydrogen) atoms. The molecule has 0 unspecified atom stereocenters. The fourth-order valence-electron chi connectivity index (χ4n) is 2.28. The Morgan fingerprint density at radius 3 is 2.44 bits per heavy atom. The summed E-state index contributed by atoms with van der Waals surface area (Å²) in [6.07, 6.45) is 0. The summed E-state index contributed by atoms with van der Waals surface area (Å²) in [4.78, 5) is 28.3. The van der Waals surface area contributed by atoms with Crippen molar-refractivity contribution in [2.24, 2.45) is 0 Å². The van der Waals surface area contributed by atoms with Crippen LogP contribution in [0.1, 0.15) is 15.9 Å². The number of amides is 1. The molecule has 0 aliphatic carbocycles. The first kappa shape index (κ1) is 18.6. The molecule has 0 aliphatic rings. The summed E-state index contributed by atoms with van der Waals surface area (Å²) < 4.78 is 10.1. The smallest absolute Gasteiger partial charge is 0.338 e. The molecular weight excluding hydrogens is 364 g/mol. The molecule has 0 bridgehead atoms. The zero-order chi connectivity index (χ0) is 19.2. The van der Waals surface area contributed by atoms with Gasteiger partial charge in [-0.1, -0.05) is 29.8 Å². The number of thiazole rings is 1. The number of carbonyl (C=O) groups excluding carboxylic acids is 2. The lowest BCUT2D eigenvalue weighted by Crippen LogP contribution is -2.20. The lowest BCUT2D eigenvalue weighted by molar-refractivity contribution is -0.119. The third-order valence-electron chi connectivity index (χ3n) is 3.76. The maximum Gasteiger partial charge on any atom is 0.338 e. The second-order valence-electron chi connectivity index (χ2n) is 5.76. The van der Waals surface area contributed by atoms with E-state index in [4.69, 9.17) is 9.47 Å². The SMILES string of the molecule is COc1ccc(C(=O)OCC(=O)Nc2nc(-c3ccc(C)cc3)cs2)cc1. The number of benzene rings is 2. The Bertz CT molecular complexity index is 933. The number of esters is 1. The number of aromatic nitrogens is 1. The average molecular weight is 382 g/mol. The van der Waals surface area contributed by atoms with Gasteiger partial charge in [-0.25, -0.2) is 9.78 Å². The van der Waals surface area contributed by atoms with Crippen molar-refractivity contribution in [3.8, 4) is 17.0 Å². The monoisotopic (exact) mass is 382 g/mol. The predicted octanol–water partition coefficient (Wildman–Crippen LogP) is 3.92. The molecule has 1 N–H and O–H groups in total. The van der Waals surface area contributed by atoms with Crippen molar-refractivity contribution in [3.63, 3.8) is 0 Å². The minimum atomic E-state index is -0.577. The molecule has 138 valence electrons. The Morgan fingerprint density at radius 2 is 1.78 bits per heavy atom. The van der Waals surface area contributed by atoms with Crippen molar-refractivity contribution in [1.29, 1.82) is 0 Å². The molecule has 3 rings (SSSR count). The second kappa shape index (κ2) is 8.46. The lowest BCUT2D eigenvalue weighted by atomic mass is 10.1. The van der Waals surface area contributed by atoms with Crippen LogP contribution in [0.4, 0.5) is 5.13 Å². The van der Waals surface area contributed by atoms with E-state index < -0.39 is 11.9 Å². The normalized spacial score (nSPS) is 10.3. The number of aryl methyl sites for hydroxylation is 1. The Balaban J connectivity index is 1.53. The van der Waals surface area contributed by atoms with E-state index in [0.717, 1.165) is 11.3 Å². The number of rotatable bonds is 6. The van der Waals surface area contributed by atoms with E-state index in [-0.39, 0.29) is 6.61 Å². The van der Waals surface area contributed by atoms with Crippen LogP contribution >= 0.6 is 11.3 Å². The first-order chi connectivity index (χ1) is 13.0. The van der Waals surface area contributed by atoms with Crippen molar-refractivity contribution < 1.29 is 19.1 Å². The molecule has 0 aliphatic heterocycles. The van der Waals surface area contributed by atoms with Gasteiger partial charge in [0.2, 0.25) is 0 Å². The zero-order valence-electron chi connectivity index (χ0n) is 14.9. The lowest BCUT2D eigenvalue weighted by Gasteiger charge is -2.05. The van der Waals surface area contributed by atoms with Crippen molar-refractivity contribution in [3.05, 3.63) is 65.0 Å². The van der Waals surface area contributed by atoms with Gasteiger partial charge in [0, 0.05) is 10.9 Å². The van der Waals surface area contributed by atoms with E-state index in [1.165, 1.54) is 16.9 Å². The number of nitrogens with one attached hydrogen (secondary N) is 1. The van der Waals surface area contributed by atoms with Crippen LogP contribution in [-0.4, -0.2) is 30.6 Å². The third-order valence-corrected chi connectivity index (χ3v) is 4.52. The maximum absolute atomic E-state index is 12.0. The number of carbonyl (C=O) groups is 2. The molecule has 1 heterocycles. The first-order valence-electron chi connectivity index (χ1n) is 8.19.